The predicted octanol–water partition coefficient (Wildman–Crippen LogP) is 13.4. The zero-order valence-corrected chi connectivity index (χ0v) is 28.5. The van der Waals surface area contributed by atoms with Crippen LogP contribution in [0.3, 0.4) is 0 Å². The van der Waals surface area contributed by atoms with Crippen LogP contribution < -0.4 is 0 Å². The van der Waals surface area contributed by atoms with Crippen molar-refractivity contribution in [3.8, 4) is 33.4 Å². The highest BCUT2D eigenvalue weighted by atomic mass is 16.1. The SMILES string of the molecule is CC.CC.CC.CC.CC.Cc1ccc(-c2ccc(-c3ccc(-c4ccc(C(=O)c5ccccc5)cc4)cc3)cc2)cc1. The van der Waals surface area contributed by atoms with Crippen molar-refractivity contribution in [3.05, 3.63) is 144 Å². The molecule has 0 heterocycles. The van der Waals surface area contributed by atoms with Crippen LogP contribution in [-0.2, 0) is 0 Å². The fraction of sp³-hybridized carbons (Fsp3) is 0.262. The number of aryl methyl sites for hydroxylation is 1. The molecular formula is C42H54O. The molecule has 5 aromatic carbocycles. The molecular weight excluding hydrogens is 520 g/mol. The Labute approximate surface area is 263 Å². The zero-order chi connectivity index (χ0) is 32.6. The van der Waals surface area contributed by atoms with E-state index in [9.17, 15) is 4.79 Å². The van der Waals surface area contributed by atoms with E-state index in [1.165, 1.54) is 27.8 Å². The van der Waals surface area contributed by atoms with Crippen molar-refractivity contribution >= 4 is 5.78 Å². The molecule has 228 valence electrons. The predicted molar refractivity (Wildman–Crippen MR) is 194 cm³/mol. The van der Waals surface area contributed by atoms with E-state index < -0.39 is 0 Å². The topological polar surface area (TPSA) is 17.1 Å². The van der Waals surface area contributed by atoms with Gasteiger partial charge >= 0.3 is 0 Å². The highest BCUT2D eigenvalue weighted by Crippen LogP contribution is 2.28. The number of carbonyl (C=O) groups is 1. The molecule has 0 aliphatic heterocycles. The molecule has 0 N–H and O–H groups in total. The minimum atomic E-state index is 0.0478. The van der Waals surface area contributed by atoms with Crippen LogP contribution in [0.1, 0.15) is 90.7 Å². The number of carbonyl (C=O) groups excluding carboxylic acids is 1. The quantitative estimate of drug-likeness (QED) is 0.191. The Hall–Kier alpha value is -4.23. The van der Waals surface area contributed by atoms with Crippen LogP contribution in [0, 0.1) is 6.92 Å². The summed E-state index contributed by atoms with van der Waals surface area (Å²) in [5.41, 5.74) is 9.75. The molecule has 0 saturated heterocycles. The van der Waals surface area contributed by atoms with E-state index in [0.717, 1.165) is 11.1 Å². The molecule has 0 aliphatic carbocycles. The summed E-state index contributed by atoms with van der Waals surface area (Å²) < 4.78 is 0. The van der Waals surface area contributed by atoms with E-state index in [1.807, 2.05) is 124 Å². The van der Waals surface area contributed by atoms with Gasteiger partial charge in [0.25, 0.3) is 0 Å². The van der Waals surface area contributed by atoms with Crippen molar-refractivity contribution in [3.63, 3.8) is 0 Å². The van der Waals surface area contributed by atoms with E-state index in [-0.39, 0.29) is 5.78 Å². The molecule has 0 saturated carbocycles. The van der Waals surface area contributed by atoms with Gasteiger partial charge in [0.2, 0.25) is 0 Å². The zero-order valence-electron chi connectivity index (χ0n) is 28.5. The van der Waals surface area contributed by atoms with Crippen LogP contribution in [0.15, 0.2) is 127 Å². The van der Waals surface area contributed by atoms with Gasteiger partial charge in [-0.3, -0.25) is 4.79 Å². The lowest BCUT2D eigenvalue weighted by atomic mass is 9.96. The van der Waals surface area contributed by atoms with Gasteiger partial charge in [0, 0.05) is 11.1 Å². The third-order valence-electron chi connectivity index (χ3n) is 6.00. The Kier molecular flexibility index (Phi) is 21.0. The van der Waals surface area contributed by atoms with Crippen molar-refractivity contribution in [1.82, 2.24) is 0 Å². The minimum Gasteiger partial charge on any atom is -0.289 e. The number of hydrogen-bond acceptors (Lipinski definition) is 1. The Morgan fingerprint density at radius 1 is 0.326 bits per heavy atom. The van der Waals surface area contributed by atoms with Gasteiger partial charge in [-0.25, -0.2) is 0 Å². The molecule has 0 bridgehead atoms. The Balaban J connectivity index is 0.00000161. The molecule has 0 aromatic heterocycles. The summed E-state index contributed by atoms with van der Waals surface area (Å²) in [4.78, 5) is 12.6. The maximum Gasteiger partial charge on any atom is 0.193 e. The summed E-state index contributed by atoms with van der Waals surface area (Å²) in [5, 5.41) is 0. The number of ketones is 1. The van der Waals surface area contributed by atoms with Gasteiger partial charge in [-0.05, 0) is 40.3 Å². The molecule has 1 heteroatoms. The fourth-order valence-electron chi connectivity index (χ4n) is 4.03. The van der Waals surface area contributed by atoms with Gasteiger partial charge in [0.15, 0.2) is 5.78 Å². The third kappa shape index (κ3) is 11.9. The van der Waals surface area contributed by atoms with E-state index in [2.05, 4.69) is 79.7 Å². The van der Waals surface area contributed by atoms with Crippen molar-refractivity contribution in [2.75, 3.05) is 0 Å². The van der Waals surface area contributed by atoms with Crippen LogP contribution in [0.2, 0.25) is 0 Å². The van der Waals surface area contributed by atoms with Crippen LogP contribution in [0.25, 0.3) is 33.4 Å². The molecule has 0 radical (unpaired) electrons. The molecule has 0 spiro atoms. The second-order valence-corrected chi connectivity index (χ2v) is 8.29. The maximum absolute atomic E-state index is 12.6. The van der Waals surface area contributed by atoms with Crippen molar-refractivity contribution in [2.45, 2.75) is 76.2 Å². The molecule has 0 fully saturated rings. The standard InChI is InChI=1S/C32H24O.5C2H6/c1-23-7-9-24(10-8-23)25-11-13-26(14-12-25)27-15-17-28(18-16-27)29-19-21-31(22-20-29)32(33)30-5-3-2-4-6-30;5*1-2/h2-22H,1H3;5*1-2H3. The molecule has 5 aromatic rings. The molecule has 0 aliphatic rings. The molecule has 0 amide bonds. The average Bonchev–Trinajstić information content (AvgIpc) is 3.13. The van der Waals surface area contributed by atoms with E-state index in [0.29, 0.717) is 11.1 Å². The Morgan fingerprint density at radius 2 is 0.558 bits per heavy atom. The smallest absolute Gasteiger partial charge is 0.193 e. The number of hydrogen-bond donors (Lipinski definition) is 0. The van der Waals surface area contributed by atoms with Crippen molar-refractivity contribution in [2.24, 2.45) is 0 Å². The summed E-state index contributed by atoms with van der Waals surface area (Å²) in [5.74, 6) is 0.0478. The lowest BCUT2D eigenvalue weighted by Gasteiger charge is -2.08. The van der Waals surface area contributed by atoms with Crippen LogP contribution in [0.5, 0.6) is 0 Å². The second kappa shape index (κ2) is 23.3. The highest BCUT2D eigenvalue weighted by Gasteiger charge is 2.09. The first-order valence-electron chi connectivity index (χ1n) is 16.2. The summed E-state index contributed by atoms with van der Waals surface area (Å²) in [6.45, 7) is 22.1. The number of benzene rings is 5. The van der Waals surface area contributed by atoms with E-state index in [4.69, 9.17) is 0 Å². The monoisotopic (exact) mass is 574 g/mol. The van der Waals surface area contributed by atoms with Crippen LogP contribution in [-0.4, -0.2) is 5.78 Å². The average molecular weight is 575 g/mol. The summed E-state index contributed by atoms with van der Waals surface area (Å²) >= 11 is 0. The van der Waals surface area contributed by atoms with Crippen molar-refractivity contribution in [1.29, 1.82) is 0 Å². The van der Waals surface area contributed by atoms with E-state index >= 15 is 0 Å². The molecule has 1 nitrogen and oxygen atoms in total. The summed E-state index contributed by atoms with van der Waals surface area (Å²) in [6, 6.07) is 43.1. The molecule has 5 rings (SSSR count). The summed E-state index contributed by atoms with van der Waals surface area (Å²) in [7, 11) is 0. The Bertz CT molecular complexity index is 1360. The second-order valence-electron chi connectivity index (χ2n) is 8.29. The summed E-state index contributed by atoms with van der Waals surface area (Å²) in [6.07, 6.45) is 0. The van der Waals surface area contributed by atoms with Gasteiger partial charge in [-0.15, -0.1) is 0 Å². The van der Waals surface area contributed by atoms with Crippen LogP contribution in [0.4, 0.5) is 0 Å². The molecule has 43 heavy (non-hydrogen) atoms. The van der Waals surface area contributed by atoms with Crippen molar-refractivity contribution < 1.29 is 4.79 Å². The molecule has 0 atom stereocenters. The van der Waals surface area contributed by atoms with Gasteiger partial charge < -0.3 is 0 Å². The first-order valence-corrected chi connectivity index (χ1v) is 16.2. The third-order valence-corrected chi connectivity index (χ3v) is 6.00. The Morgan fingerprint density at radius 3 is 0.860 bits per heavy atom. The van der Waals surface area contributed by atoms with Gasteiger partial charge in [-0.2, -0.15) is 0 Å². The lowest BCUT2D eigenvalue weighted by molar-refractivity contribution is 0.103. The largest absolute Gasteiger partial charge is 0.289 e. The molecule has 0 unspecified atom stereocenters. The minimum absolute atomic E-state index is 0.0478. The van der Waals surface area contributed by atoms with Gasteiger partial charge in [-0.1, -0.05) is 202 Å². The van der Waals surface area contributed by atoms with Gasteiger partial charge in [0.1, 0.15) is 0 Å². The van der Waals surface area contributed by atoms with E-state index in [1.54, 1.807) is 0 Å². The highest BCUT2D eigenvalue weighted by molar-refractivity contribution is 6.09. The fourth-order valence-corrected chi connectivity index (χ4v) is 4.03. The van der Waals surface area contributed by atoms with Crippen LogP contribution >= 0.6 is 0 Å². The number of rotatable bonds is 5. The first kappa shape index (κ1) is 38.8. The normalized spacial score (nSPS) is 8.91. The first-order chi connectivity index (χ1) is 21.2. The lowest BCUT2D eigenvalue weighted by Crippen LogP contribution is -2.00. The maximum atomic E-state index is 12.6. The van der Waals surface area contributed by atoms with Gasteiger partial charge in [0.05, 0.1) is 0 Å².